The first-order valence-electron chi connectivity index (χ1n) is 5.56. The van der Waals surface area contributed by atoms with Crippen LogP contribution in [0.25, 0.3) is 5.53 Å². The van der Waals surface area contributed by atoms with Gasteiger partial charge in [0.1, 0.15) is 10.8 Å². The van der Waals surface area contributed by atoms with Gasteiger partial charge in [0.25, 0.3) is 0 Å². The predicted octanol–water partition coefficient (Wildman–Crippen LogP) is 0.598. The molecule has 2 rings (SSSR count). The minimum atomic E-state index is 0.0279. The van der Waals surface area contributed by atoms with Crippen LogP contribution in [0.3, 0.4) is 0 Å². The number of hydrogen-bond acceptors (Lipinski definition) is 3. The molecule has 92 valence electrons. The number of allylic oxidation sites excluding steroid dienone is 2. The van der Waals surface area contributed by atoms with E-state index >= 15 is 0 Å². The SMILES string of the molecule is COC1=CC(=[N+]=[N-])C(Cl)=CC1N1CCNCC1. The van der Waals surface area contributed by atoms with Gasteiger partial charge in [-0.3, -0.25) is 4.90 Å². The minimum Gasteiger partial charge on any atom is -0.499 e. The van der Waals surface area contributed by atoms with E-state index in [4.69, 9.17) is 21.9 Å². The average molecular weight is 255 g/mol. The van der Waals surface area contributed by atoms with Gasteiger partial charge in [0, 0.05) is 26.2 Å². The van der Waals surface area contributed by atoms with Gasteiger partial charge < -0.3 is 15.6 Å². The molecule has 0 amide bonds. The Morgan fingerprint density at radius 2 is 2.24 bits per heavy atom. The quantitative estimate of drug-likeness (QED) is 0.580. The van der Waals surface area contributed by atoms with Crippen molar-refractivity contribution in [2.24, 2.45) is 0 Å². The van der Waals surface area contributed by atoms with Crippen LogP contribution >= 0.6 is 11.6 Å². The number of nitrogens with zero attached hydrogens (tertiary/aromatic N) is 3. The molecule has 1 unspecified atom stereocenters. The van der Waals surface area contributed by atoms with Crippen molar-refractivity contribution in [2.45, 2.75) is 6.04 Å². The number of hydrogen-bond donors (Lipinski definition) is 1. The van der Waals surface area contributed by atoms with Gasteiger partial charge in [0.2, 0.25) is 0 Å². The Bertz CT molecular complexity index is 406. The molecule has 5 nitrogen and oxygen atoms in total. The third-order valence-electron chi connectivity index (χ3n) is 3.01. The van der Waals surface area contributed by atoms with Crippen LogP contribution in [-0.2, 0) is 4.74 Å². The van der Waals surface area contributed by atoms with Crippen molar-refractivity contribution in [1.29, 1.82) is 0 Å². The maximum atomic E-state index is 8.81. The zero-order valence-corrected chi connectivity index (χ0v) is 10.4. The standard InChI is InChI=1S/C11H15ClN4O/c1-17-11-7-9(15-13)8(12)6-10(11)16-4-2-14-3-5-16/h6-7,10,14H,2-5H2,1H3. The summed E-state index contributed by atoms with van der Waals surface area (Å²) in [5.41, 5.74) is 9.15. The lowest BCUT2D eigenvalue weighted by Gasteiger charge is -2.34. The molecule has 1 N–H and O–H groups in total. The van der Waals surface area contributed by atoms with Crippen molar-refractivity contribution >= 4 is 17.3 Å². The first-order chi connectivity index (χ1) is 8.26. The smallest absolute Gasteiger partial charge is 0.336 e. The first-order valence-corrected chi connectivity index (χ1v) is 5.94. The predicted molar refractivity (Wildman–Crippen MR) is 65.9 cm³/mol. The Kier molecular flexibility index (Phi) is 3.97. The topological polar surface area (TPSA) is 60.9 Å². The lowest BCUT2D eigenvalue weighted by Crippen LogP contribution is -2.49. The molecule has 2 aliphatic rings. The van der Waals surface area contributed by atoms with E-state index in [0.29, 0.717) is 10.7 Å². The summed E-state index contributed by atoms with van der Waals surface area (Å²) in [5.74, 6) is 0.754. The number of nitrogens with one attached hydrogen (secondary N) is 1. The van der Waals surface area contributed by atoms with Gasteiger partial charge in [0.05, 0.1) is 19.2 Å². The maximum Gasteiger partial charge on any atom is 0.336 e. The van der Waals surface area contributed by atoms with E-state index in [0.717, 1.165) is 31.9 Å². The Balaban J connectivity index is 2.24. The zero-order chi connectivity index (χ0) is 12.3. The molecule has 0 bridgehead atoms. The molecule has 17 heavy (non-hydrogen) atoms. The molecule has 0 aromatic rings. The zero-order valence-electron chi connectivity index (χ0n) is 9.69. The van der Waals surface area contributed by atoms with Gasteiger partial charge in [0.15, 0.2) is 0 Å². The van der Waals surface area contributed by atoms with E-state index in [2.05, 4.69) is 15.0 Å². The molecule has 0 spiro atoms. The summed E-state index contributed by atoms with van der Waals surface area (Å²) < 4.78 is 5.34. The molecular weight excluding hydrogens is 240 g/mol. The van der Waals surface area contributed by atoms with Gasteiger partial charge in [-0.1, -0.05) is 11.6 Å². The van der Waals surface area contributed by atoms with E-state index in [-0.39, 0.29) is 6.04 Å². The van der Waals surface area contributed by atoms with E-state index in [9.17, 15) is 0 Å². The Morgan fingerprint density at radius 3 is 2.82 bits per heavy atom. The summed E-state index contributed by atoms with van der Waals surface area (Å²) in [6, 6.07) is 0.0279. The minimum absolute atomic E-state index is 0.0279. The van der Waals surface area contributed by atoms with E-state index in [1.54, 1.807) is 13.2 Å². The fraction of sp³-hybridized carbons (Fsp3) is 0.545. The molecule has 0 radical (unpaired) electrons. The van der Waals surface area contributed by atoms with Crippen molar-refractivity contribution in [3.63, 3.8) is 0 Å². The number of ether oxygens (including phenoxy) is 1. The van der Waals surface area contributed by atoms with Crippen LogP contribution in [0.5, 0.6) is 0 Å². The molecule has 1 aliphatic heterocycles. The Morgan fingerprint density at radius 1 is 1.53 bits per heavy atom. The van der Waals surface area contributed by atoms with Crippen LogP contribution in [0.2, 0.25) is 0 Å². The molecule has 0 saturated carbocycles. The van der Waals surface area contributed by atoms with Crippen molar-refractivity contribution in [3.8, 4) is 0 Å². The molecule has 0 aromatic heterocycles. The molecule has 0 aromatic carbocycles. The molecule has 1 saturated heterocycles. The van der Waals surface area contributed by atoms with Crippen LogP contribution in [0.4, 0.5) is 0 Å². The van der Waals surface area contributed by atoms with E-state index in [1.165, 1.54) is 0 Å². The second kappa shape index (κ2) is 5.47. The van der Waals surface area contributed by atoms with Crippen LogP contribution in [0.1, 0.15) is 0 Å². The van der Waals surface area contributed by atoms with Crippen LogP contribution < -0.4 is 5.32 Å². The second-order valence-corrected chi connectivity index (χ2v) is 4.39. The normalized spacial score (nSPS) is 26.0. The molecule has 1 fully saturated rings. The summed E-state index contributed by atoms with van der Waals surface area (Å²) in [5, 5.41) is 3.75. The van der Waals surface area contributed by atoms with Crippen molar-refractivity contribution in [2.75, 3.05) is 33.3 Å². The third-order valence-corrected chi connectivity index (χ3v) is 3.33. The van der Waals surface area contributed by atoms with Crippen LogP contribution in [-0.4, -0.2) is 54.7 Å². The molecule has 1 atom stereocenters. The number of methoxy groups -OCH3 is 1. The van der Waals surface area contributed by atoms with Crippen LogP contribution in [0, 0.1) is 0 Å². The van der Waals surface area contributed by atoms with Gasteiger partial charge >= 0.3 is 5.71 Å². The Hall–Kier alpha value is -1.13. The second-order valence-electron chi connectivity index (χ2n) is 3.98. The fourth-order valence-electron chi connectivity index (χ4n) is 2.10. The van der Waals surface area contributed by atoms with Crippen molar-refractivity contribution in [3.05, 3.63) is 28.5 Å². The summed E-state index contributed by atoms with van der Waals surface area (Å²) >= 11 is 6.05. The maximum absolute atomic E-state index is 8.81. The van der Waals surface area contributed by atoms with Crippen molar-refractivity contribution in [1.82, 2.24) is 10.2 Å². The number of halogens is 1. The summed E-state index contributed by atoms with van der Waals surface area (Å²) in [4.78, 5) is 5.42. The van der Waals surface area contributed by atoms with Gasteiger partial charge in [-0.15, -0.1) is 0 Å². The molecule has 6 heteroatoms. The first kappa shape index (κ1) is 12.3. The van der Waals surface area contributed by atoms with E-state index < -0.39 is 0 Å². The largest absolute Gasteiger partial charge is 0.499 e. The summed E-state index contributed by atoms with van der Waals surface area (Å²) in [7, 11) is 1.61. The Labute approximate surface area is 105 Å². The lowest BCUT2D eigenvalue weighted by atomic mass is 10.0. The van der Waals surface area contributed by atoms with Gasteiger partial charge in [-0.2, -0.15) is 4.79 Å². The van der Waals surface area contributed by atoms with Crippen LogP contribution in [0.15, 0.2) is 22.9 Å². The highest BCUT2D eigenvalue weighted by Gasteiger charge is 2.30. The van der Waals surface area contributed by atoms with Gasteiger partial charge in [-0.05, 0) is 6.08 Å². The molecule has 1 heterocycles. The third kappa shape index (κ3) is 2.58. The van der Waals surface area contributed by atoms with E-state index in [1.807, 2.05) is 6.08 Å². The highest BCUT2D eigenvalue weighted by Crippen LogP contribution is 2.23. The molecular formula is C11H15ClN4O. The number of rotatable bonds is 2. The van der Waals surface area contributed by atoms with Gasteiger partial charge in [-0.25, -0.2) is 0 Å². The fourth-order valence-corrected chi connectivity index (χ4v) is 2.31. The highest BCUT2D eigenvalue weighted by atomic mass is 35.5. The summed E-state index contributed by atoms with van der Waals surface area (Å²) in [6.45, 7) is 3.80. The average Bonchev–Trinajstić information content (AvgIpc) is 2.39. The lowest BCUT2D eigenvalue weighted by molar-refractivity contribution is -0.00273. The molecule has 1 aliphatic carbocycles. The highest BCUT2D eigenvalue weighted by molar-refractivity contribution is 6.44. The summed E-state index contributed by atoms with van der Waals surface area (Å²) in [6.07, 6.45) is 3.54. The number of piperazine rings is 1. The van der Waals surface area contributed by atoms with Crippen molar-refractivity contribution < 1.29 is 9.53 Å². The monoisotopic (exact) mass is 254 g/mol.